The fourth-order valence-electron chi connectivity index (χ4n) is 2.58. The number of aryl methyl sites for hydroxylation is 1. The first-order valence-corrected chi connectivity index (χ1v) is 6.91. The van der Waals surface area contributed by atoms with Crippen molar-refractivity contribution < 1.29 is 9.13 Å². The zero-order valence-electron chi connectivity index (χ0n) is 11.9. The van der Waals surface area contributed by atoms with Crippen LogP contribution in [0.2, 0.25) is 0 Å². The highest BCUT2D eigenvalue weighted by atomic mass is 19.1. The van der Waals surface area contributed by atoms with Crippen LogP contribution in [0.5, 0.6) is 0 Å². The third kappa shape index (κ3) is 3.53. The topological polar surface area (TPSA) is 24.5 Å². The molecule has 1 N–H and O–H groups in total. The van der Waals surface area contributed by atoms with Crippen LogP contribution in [0.15, 0.2) is 18.2 Å². The van der Waals surface area contributed by atoms with Crippen molar-refractivity contribution in [3.8, 4) is 0 Å². The number of likely N-dealkylation sites (N-methyl/N-ethyl adjacent to an activating group) is 2. The maximum absolute atomic E-state index is 14.1. The number of hydrogen-bond acceptors (Lipinski definition) is 3. The lowest BCUT2D eigenvalue weighted by atomic mass is 9.97. The second kappa shape index (κ2) is 6.46. The van der Waals surface area contributed by atoms with E-state index in [1.165, 1.54) is 0 Å². The molecule has 0 bridgehead atoms. The Labute approximate surface area is 114 Å². The van der Waals surface area contributed by atoms with E-state index in [1.54, 1.807) is 12.1 Å². The molecule has 2 rings (SSSR count). The summed E-state index contributed by atoms with van der Waals surface area (Å²) in [5, 5.41) is 3.37. The average molecular weight is 266 g/mol. The quantitative estimate of drug-likeness (QED) is 0.903. The Balaban J connectivity index is 2.25. The maximum atomic E-state index is 14.1. The molecule has 2 atom stereocenters. The molecule has 1 fully saturated rings. The van der Waals surface area contributed by atoms with Gasteiger partial charge in [0.15, 0.2) is 0 Å². The van der Waals surface area contributed by atoms with Crippen LogP contribution in [0, 0.1) is 12.7 Å². The van der Waals surface area contributed by atoms with Gasteiger partial charge in [-0.15, -0.1) is 0 Å². The van der Waals surface area contributed by atoms with E-state index in [9.17, 15) is 4.39 Å². The van der Waals surface area contributed by atoms with Crippen molar-refractivity contribution in [1.82, 2.24) is 10.2 Å². The molecule has 0 radical (unpaired) electrons. The number of nitrogens with zero attached hydrogens (tertiary/aromatic N) is 1. The Bertz CT molecular complexity index is 425. The zero-order chi connectivity index (χ0) is 13.8. The monoisotopic (exact) mass is 266 g/mol. The molecule has 0 aliphatic carbocycles. The van der Waals surface area contributed by atoms with Crippen LogP contribution < -0.4 is 5.32 Å². The highest BCUT2D eigenvalue weighted by molar-refractivity contribution is 5.28. The minimum atomic E-state index is -0.159. The lowest BCUT2D eigenvalue weighted by Crippen LogP contribution is -2.47. The Morgan fingerprint density at radius 2 is 2.32 bits per heavy atom. The van der Waals surface area contributed by atoms with Crippen molar-refractivity contribution in [2.24, 2.45) is 0 Å². The van der Waals surface area contributed by atoms with Gasteiger partial charge in [-0.3, -0.25) is 0 Å². The Morgan fingerprint density at radius 3 is 3.00 bits per heavy atom. The molecule has 19 heavy (non-hydrogen) atoms. The fourth-order valence-corrected chi connectivity index (χ4v) is 2.58. The van der Waals surface area contributed by atoms with Crippen molar-refractivity contribution in [2.75, 3.05) is 33.3 Å². The van der Waals surface area contributed by atoms with Gasteiger partial charge in [0.2, 0.25) is 0 Å². The second-order valence-corrected chi connectivity index (χ2v) is 5.23. The predicted molar refractivity (Wildman–Crippen MR) is 74.8 cm³/mol. The number of hydrogen-bond donors (Lipinski definition) is 1. The zero-order valence-corrected chi connectivity index (χ0v) is 11.9. The van der Waals surface area contributed by atoms with Gasteiger partial charge >= 0.3 is 0 Å². The maximum Gasteiger partial charge on any atom is 0.128 e. The summed E-state index contributed by atoms with van der Waals surface area (Å²) in [6, 6.07) is 5.17. The number of morpholine rings is 1. The van der Waals surface area contributed by atoms with E-state index >= 15 is 0 Å². The van der Waals surface area contributed by atoms with Gasteiger partial charge in [0.25, 0.3) is 0 Å². The first kappa shape index (κ1) is 14.4. The Kier molecular flexibility index (Phi) is 4.91. The molecule has 3 nitrogen and oxygen atoms in total. The van der Waals surface area contributed by atoms with Gasteiger partial charge in [0.1, 0.15) is 5.82 Å². The van der Waals surface area contributed by atoms with Crippen LogP contribution in [0.25, 0.3) is 0 Å². The lowest BCUT2D eigenvalue weighted by molar-refractivity contribution is -0.0395. The SMILES string of the molecule is CCNC(c1cc(C)ccc1F)C1CN(C)CCO1. The molecule has 1 aliphatic heterocycles. The minimum absolute atomic E-state index is 0.00463. The molecule has 1 saturated heterocycles. The van der Waals surface area contributed by atoms with Gasteiger partial charge < -0.3 is 15.0 Å². The third-order valence-corrected chi connectivity index (χ3v) is 3.58. The normalized spacial score (nSPS) is 22.4. The number of halogens is 1. The summed E-state index contributed by atoms with van der Waals surface area (Å²) in [7, 11) is 2.07. The minimum Gasteiger partial charge on any atom is -0.374 e. The van der Waals surface area contributed by atoms with E-state index in [-0.39, 0.29) is 18.0 Å². The Morgan fingerprint density at radius 1 is 1.53 bits per heavy atom. The molecule has 0 saturated carbocycles. The van der Waals surface area contributed by atoms with Crippen LogP contribution in [0.1, 0.15) is 24.1 Å². The molecular formula is C15H23FN2O. The number of benzene rings is 1. The largest absolute Gasteiger partial charge is 0.374 e. The molecular weight excluding hydrogens is 243 g/mol. The second-order valence-electron chi connectivity index (χ2n) is 5.23. The standard InChI is InChI=1S/C15H23FN2O/c1-4-17-15(14-10-18(3)7-8-19-14)12-9-11(2)5-6-13(12)16/h5-6,9,14-15,17H,4,7-8,10H2,1-3H3. The fraction of sp³-hybridized carbons (Fsp3) is 0.600. The van der Waals surface area contributed by atoms with Gasteiger partial charge in [-0.1, -0.05) is 24.6 Å². The molecule has 1 aliphatic rings. The average Bonchev–Trinajstić information content (AvgIpc) is 2.39. The van der Waals surface area contributed by atoms with Gasteiger partial charge in [-0.05, 0) is 26.6 Å². The smallest absolute Gasteiger partial charge is 0.128 e. The van der Waals surface area contributed by atoms with E-state index in [1.807, 2.05) is 19.9 Å². The van der Waals surface area contributed by atoms with Crippen molar-refractivity contribution >= 4 is 0 Å². The molecule has 1 heterocycles. The molecule has 1 aromatic carbocycles. The van der Waals surface area contributed by atoms with Crippen LogP contribution in [0.3, 0.4) is 0 Å². The molecule has 0 amide bonds. The van der Waals surface area contributed by atoms with Gasteiger partial charge in [0.05, 0.1) is 18.8 Å². The van der Waals surface area contributed by atoms with E-state index in [0.717, 1.165) is 25.2 Å². The number of nitrogens with one attached hydrogen (secondary N) is 1. The van der Waals surface area contributed by atoms with E-state index in [0.29, 0.717) is 12.2 Å². The van der Waals surface area contributed by atoms with Gasteiger partial charge in [-0.25, -0.2) is 4.39 Å². The van der Waals surface area contributed by atoms with Crippen molar-refractivity contribution in [2.45, 2.75) is 26.0 Å². The Hall–Kier alpha value is -0.970. The van der Waals surface area contributed by atoms with Crippen molar-refractivity contribution in [3.63, 3.8) is 0 Å². The number of ether oxygens (including phenoxy) is 1. The molecule has 0 aromatic heterocycles. The predicted octanol–water partition coefficient (Wildman–Crippen LogP) is 2.12. The summed E-state index contributed by atoms with van der Waals surface area (Å²) >= 11 is 0. The van der Waals surface area contributed by atoms with E-state index in [4.69, 9.17) is 4.74 Å². The van der Waals surface area contributed by atoms with Crippen LogP contribution in [-0.4, -0.2) is 44.3 Å². The summed E-state index contributed by atoms with van der Waals surface area (Å²) in [6.45, 7) is 7.28. The molecule has 106 valence electrons. The first-order valence-electron chi connectivity index (χ1n) is 6.91. The lowest BCUT2D eigenvalue weighted by Gasteiger charge is -2.36. The molecule has 1 aromatic rings. The summed E-state index contributed by atoms with van der Waals surface area (Å²) in [5.41, 5.74) is 1.78. The van der Waals surface area contributed by atoms with Crippen LogP contribution in [-0.2, 0) is 4.74 Å². The summed E-state index contributed by atoms with van der Waals surface area (Å²) in [6.07, 6.45) is -0.00463. The molecule has 4 heteroatoms. The molecule has 2 unspecified atom stereocenters. The van der Waals surface area contributed by atoms with E-state index in [2.05, 4.69) is 17.3 Å². The van der Waals surface area contributed by atoms with Gasteiger partial charge in [0, 0.05) is 18.7 Å². The van der Waals surface area contributed by atoms with Crippen molar-refractivity contribution in [3.05, 3.63) is 35.1 Å². The summed E-state index contributed by atoms with van der Waals surface area (Å²) in [5.74, 6) is -0.159. The molecule has 0 spiro atoms. The first-order chi connectivity index (χ1) is 9.11. The van der Waals surface area contributed by atoms with E-state index < -0.39 is 0 Å². The highest BCUT2D eigenvalue weighted by Gasteiger charge is 2.29. The van der Waals surface area contributed by atoms with Gasteiger partial charge in [-0.2, -0.15) is 0 Å². The number of rotatable bonds is 4. The summed E-state index contributed by atoms with van der Waals surface area (Å²) in [4.78, 5) is 2.23. The van der Waals surface area contributed by atoms with Crippen LogP contribution >= 0.6 is 0 Å². The van der Waals surface area contributed by atoms with Crippen LogP contribution in [0.4, 0.5) is 4.39 Å². The summed E-state index contributed by atoms with van der Waals surface area (Å²) < 4.78 is 19.9. The third-order valence-electron chi connectivity index (χ3n) is 3.58. The highest BCUT2D eigenvalue weighted by Crippen LogP contribution is 2.25. The van der Waals surface area contributed by atoms with Crippen molar-refractivity contribution in [1.29, 1.82) is 0 Å².